The first-order chi connectivity index (χ1) is 15.7. The van der Waals surface area contributed by atoms with Crippen molar-refractivity contribution in [1.82, 2.24) is 9.80 Å². The SMILES string of the molecule is C=COC(=O)COC(=O)N(C)CN(C)C(=O)OCC(=O)OCC1CCC2C3CC4OC4(C3)C12. The summed E-state index contributed by atoms with van der Waals surface area (Å²) in [6, 6.07) is 0. The first-order valence-corrected chi connectivity index (χ1v) is 11.1. The van der Waals surface area contributed by atoms with E-state index in [0.29, 0.717) is 30.5 Å². The van der Waals surface area contributed by atoms with E-state index in [0.717, 1.165) is 34.8 Å². The molecule has 0 aromatic rings. The number of rotatable bonds is 9. The molecule has 6 unspecified atom stereocenters. The fraction of sp³-hybridized carbons (Fsp3) is 0.727. The molecule has 1 saturated heterocycles. The number of carbonyl (C=O) groups excluding carboxylic acids is 4. The van der Waals surface area contributed by atoms with Gasteiger partial charge in [-0.2, -0.15) is 0 Å². The van der Waals surface area contributed by atoms with Gasteiger partial charge in [-0.3, -0.25) is 9.80 Å². The Kier molecular flexibility index (Phi) is 6.51. The summed E-state index contributed by atoms with van der Waals surface area (Å²) in [5, 5.41) is 0. The maximum Gasteiger partial charge on any atom is 0.411 e. The monoisotopic (exact) mass is 466 g/mol. The number of esters is 2. The smallest absolute Gasteiger partial charge is 0.411 e. The highest BCUT2D eigenvalue weighted by atomic mass is 16.6. The van der Waals surface area contributed by atoms with Gasteiger partial charge in [-0.15, -0.1) is 0 Å². The van der Waals surface area contributed by atoms with Crippen molar-refractivity contribution in [1.29, 1.82) is 0 Å². The van der Waals surface area contributed by atoms with Crippen molar-refractivity contribution in [2.45, 2.75) is 37.4 Å². The average Bonchev–Trinajstić information content (AvgIpc) is 3.08. The quantitative estimate of drug-likeness (QED) is 0.163. The number of fused-ring (bicyclic) bond motifs is 3. The van der Waals surface area contributed by atoms with Crippen molar-refractivity contribution in [3.05, 3.63) is 12.8 Å². The lowest BCUT2D eigenvalue weighted by molar-refractivity contribution is -0.149. The zero-order valence-electron chi connectivity index (χ0n) is 18.9. The Morgan fingerprint density at radius 3 is 2.36 bits per heavy atom. The van der Waals surface area contributed by atoms with Crippen molar-refractivity contribution in [2.75, 3.05) is 40.6 Å². The molecule has 1 spiro atoms. The van der Waals surface area contributed by atoms with Crippen LogP contribution in [0.1, 0.15) is 25.7 Å². The van der Waals surface area contributed by atoms with Crippen LogP contribution in [0.3, 0.4) is 0 Å². The summed E-state index contributed by atoms with van der Waals surface area (Å²) in [6.07, 6.45) is 4.23. The molecule has 0 radical (unpaired) electrons. The third-order valence-electron chi connectivity index (χ3n) is 7.30. The normalized spacial score (nSPS) is 32.2. The molecule has 0 aromatic carbocycles. The van der Waals surface area contributed by atoms with E-state index in [-0.39, 0.29) is 12.3 Å². The third-order valence-corrected chi connectivity index (χ3v) is 7.30. The molecule has 11 heteroatoms. The summed E-state index contributed by atoms with van der Waals surface area (Å²) in [6.45, 7) is 2.25. The van der Waals surface area contributed by atoms with Gasteiger partial charge >= 0.3 is 24.1 Å². The van der Waals surface area contributed by atoms with Gasteiger partial charge in [0.1, 0.15) is 6.67 Å². The maximum absolute atomic E-state index is 12.1. The summed E-state index contributed by atoms with van der Waals surface area (Å²) < 4.78 is 25.5. The fourth-order valence-corrected chi connectivity index (χ4v) is 6.04. The number of ether oxygens (including phenoxy) is 5. The Hall–Kier alpha value is -2.82. The van der Waals surface area contributed by atoms with Gasteiger partial charge in [0.25, 0.3) is 0 Å². The van der Waals surface area contributed by atoms with Crippen molar-refractivity contribution < 1.29 is 42.9 Å². The maximum atomic E-state index is 12.1. The van der Waals surface area contributed by atoms with Crippen LogP contribution in [0, 0.1) is 23.7 Å². The van der Waals surface area contributed by atoms with Crippen LogP contribution < -0.4 is 0 Å². The largest absolute Gasteiger partial charge is 0.463 e. The van der Waals surface area contributed by atoms with Gasteiger partial charge in [-0.25, -0.2) is 19.2 Å². The van der Waals surface area contributed by atoms with Crippen LogP contribution in [0.15, 0.2) is 12.8 Å². The van der Waals surface area contributed by atoms with Crippen LogP contribution in [-0.2, 0) is 33.3 Å². The van der Waals surface area contributed by atoms with Gasteiger partial charge < -0.3 is 23.7 Å². The van der Waals surface area contributed by atoms with Crippen LogP contribution in [0.2, 0.25) is 0 Å². The number of amides is 2. The third kappa shape index (κ3) is 4.64. The highest BCUT2D eigenvalue weighted by molar-refractivity contribution is 5.77. The minimum Gasteiger partial charge on any atom is -0.463 e. The zero-order chi connectivity index (χ0) is 23.8. The van der Waals surface area contributed by atoms with E-state index in [1.807, 2.05) is 0 Å². The first kappa shape index (κ1) is 23.3. The molecule has 6 atom stereocenters. The molecule has 3 aliphatic carbocycles. The second-order valence-electron chi connectivity index (χ2n) is 9.27. The predicted octanol–water partition coefficient (Wildman–Crippen LogP) is 1.51. The van der Waals surface area contributed by atoms with Gasteiger partial charge in [-0.1, -0.05) is 6.58 Å². The Labute approximate surface area is 191 Å². The van der Waals surface area contributed by atoms with E-state index in [4.69, 9.17) is 18.9 Å². The molecule has 2 amide bonds. The van der Waals surface area contributed by atoms with Crippen LogP contribution in [0.25, 0.3) is 0 Å². The summed E-state index contributed by atoms with van der Waals surface area (Å²) in [4.78, 5) is 49.4. The molecule has 2 bridgehead atoms. The van der Waals surface area contributed by atoms with E-state index >= 15 is 0 Å². The second kappa shape index (κ2) is 9.20. The van der Waals surface area contributed by atoms with Gasteiger partial charge in [-0.05, 0) is 49.4 Å². The Morgan fingerprint density at radius 2 is 1.70 bits per heavy atom. The van der Waals surface area contributed by atoms with E-state index in [9.17, 15) is 19.2 Å². The van der Waals surface area contributed by atoms with Gasteiger partial charge in [0.15, 0.2) is 13.2 Å². The highest BCUT2D eigenvalue weighted by Crippen LogP contribution is 2.72. The number of carbonyl (C=O) groups is 4. The van der Waals surface area contributed by atoms with Crippen LogP contribution >= 0.6 is 0 Å². The van der Waals surface area contributed by atoms with Crippen molar-refractivity contribution in [2.24, 2.45) is 23.7 Å². The molecular formula is C22H30N2O9. The summed E-state index contributed by atoms with van der Waals surface area (Å²) in [5.74, 6) is 0.851. The lowest BCUT2D eigenvalue weighted by Gasteiger charge is -2.26. The van der Waals surface area contributed by atoms with Crippen LogP contribution in [0.5, 0.6) is 0 Å². The van der Waals surface area contributed by atoms with Crippen molar-refractivity contribution >= 4 is 24.1 Å². The van der Waals surface area contributed by atoms with E-state index in [2.05, 4.69) is 11.3 Å². The van der Waals surface area contributed by atoms with Crippen molar-refractivity contribution in [3.63, 3.8) is 0 Å². The summed E-state index contributed by atoms with van der Waals surface area (Å²) >= 11 is 0. The van der Waals surface area contributed by atoms with Gasteiger partial charge in [0.05, 0.1) is 24.6 Å². The number of nitrogens with zero attached hydrogens (tertiary/aromatic N) is 2. The van der Waals surface area contributed by atoms with Crippen LogP contribution in [-0.4, -0.2) is 86.2 Å². The molecule has 3 saturated carbocycles. The average molecular weight is 466 g/mol. The number of hydrogen-bond acceptors (Lipinski definition) is 9. The van der Waals surface area contributed by atoms with E-state index in [1.165, 1.54) is 26.9 Å². The molecule has 4 aliphatic rings. The number of epoxide rings is 1. The standard InChI is InChI=1S/C22H30N2O9/c1-4-29-17(25)10-31-20(27)23(2)12-24(3)21(28)32-11-18(26)30-9-13-5-6-15-14-7-16-22(8-14,33-16)19(13)15/h4,13-16,19H,1,5-12H2,2-3H3. The molecular weight excluding hydrogens is 436 g/mol. The lowest BCUT2D eigenvalue weighted by atomic mass is 9.78. The molecule has 4 fully saturated rings. The molecule has 11 nitrogen and oxygen atoms in total. The molecule has 1 aliphatic heterocycles. The van der Waals surface area contributed by atoms with Crippen molar-refractivity contribution in [3.8, 4) is 0 Å². The molecule has 4 rings (SSSR count). The summed E-state index contributed by atoms with van der Waals surface area (Å²) in [7, 11) is 2.76. The molecule has 1 heterocycles. The predicted molar refractivity (Wildman–Crippen MR) is 110 cm³/mol. The number of hydrogen-bond donors (Lipinski definition) is 0. The fourth-order valence-electron chi connectivity index (χ4n) is 6.04. The lowest BCUT2D eigenvalue weighted by Crippen LogP contribution is -2.41. The first-order valence-electron chi connectivity index (χ1n) is 11.1. The van der Waals surface area contributed by atoms with Crippen LogP contribution in [0.4, 0.5) is 9.59 Å². The Morgan fingerprint density at radius 1 is 1.03 bits per heavy atom. The minimum atomic E-state index is -0.841. The van der Waals surface area contributed by atoms with E-state index < -0.39 is 37.3 Å². The molecule has 33 heavy (non-hydrogen) atoms. The Balaban J connectivity index is 1.12. The zero-order valence-corrected chi connectivity index (χ0v) is 18.9. The second-order valence-corrected chi connectivity index (χ2v) is 9.27. The van der Waals surface area contributed by atoms with Gasteiger partial charge in [0.2, 0.25) is 0 Å². The molecule has 0 aromatic heterocycles. The summed E-state index contributed by atoms with van der Waals surface area (Å²) in [5.41, 5.74) is 0.0528. The van der Waals surface area contributed by atoms with Gasteiger partial charge in [0, 0.05) is 14.1 Å². The van der Waals surface area contributed by atoms with E-state index in [1.54, 1.807) is 0 Å². The topological polar surface area (TPSA) is 124 Å². The Bertz CT molecular complexity index is 833. The molecule has 182 valence electrons. The highest BCUT2D eigenvalue weighted by Gasteiger charge is 2.76. The molecule has 0 N–H and O–H groups in total. The minimum absolute atomic E-state index is 0.0528.